The summed E-state index contributed by atoms with van der Waals surface area (Å²) in [6.07, 6.45) is 0. The van der Waals surface area contributed by atoms with Gasteiger partial charge in [-0.05, 0) is 30.9 Å². The molecule has 0 aliphatic rings. The van der Waals surface area contributed by atoms with Crippen molar-refractivity contribution in [3.63, 3.8) is 0 Å². The molecule has 0 aliphatic heterocycles. The fourth-order valence-electron chi connectivity index (χ4n) is 1.33. The molecule has 0 saturated carbocycles. The Labute approximate surface area is 100 Å². The quantitative estimate of drug-likeness (QED) is 0.480. The Kier molecular flexibility index (Phi) is 4.43. The second-order valence-electron chi connectivity index (χ2n) is 3.40. The van der Waals surface area contributed by atoms with E-state index in [1.807, 2.05) is 30.5 Å². The highest BCUT2D eigenvalue weighted by atomic mass is 32.2. The number of benzene rings is 1. The number of methoxy groups -OCH3 is 1. The van der Waals surface area contributed by atoms with Crippen LogP contribution >= 0.6 is 11.8 Å². The van der Waals surface area contributed by atoms with Crippen molar-refractivity contribution in [1.82, 2.24) is 0 Å². The Balaban J connectivity index is 3.07. The van der Waals surface area contributed by atoms with Gasteiger partial charge in [0.15, 0.2) is 0 Å². The van der Waals surface area contributed by atoms with Crippen LogP contribution in [0.2, 0.25) is 0 Å². The fraction of sp³-hybridized carbons (Fsp3) is 0.250. The second kappa shape index (κ2) is 5.61. The number of thioether (sulfide) groups is 1. The minimum atomic E-state index is 0.558. The maximum atomic E-state index is 7.35. The Morgan fingerprint density at radius 3 is 2.69 bits per heavy atom. The van der Waals surface area contributed by atoms with Crippen LogP contribution in [0.3, 0.4) is 0 Å². The third kappa shape index (κ3) is 3.03. The van der Waals surface area contributed by atoms with E-state index in [4.69, 9.17) is 15.9 Å². The van der Waals surface area contributed by atoms with Crippen molar-refractivity contribution >= 4 is 28.1 Å². The summed E-state index contributed by atoms with van der Waals surface area (Å²) in [5.74, 6) is 0.694. The van der Waals surface area contributed by atoms with Gasteiger partial charge in [0.05, 0.1) is 17.8 Å². The molecule has 86 valence electrons. The Morgan fingerprint density at radius 1 is 1.44 bits per heavy atom. The summed E-state index contributed by atoms with van der Waals surface area (Å²) in [5.41, 5.74) is 8.46. The molecule has 0 aliphatic carbocycles. The van der Waals surface area contributed by atoms with Crippen molar-refractivity contribution in [3.8, 4) is 5.75 Å². The van der Waals surface area contributed by atoms with Crippen LogP contribution in [0.5, 0.6) is 5.75 Å². The first-order valence-electron chi connectivity index (χ1n) is 4.87. The molecule has 0 radical (unpaired) electrons. The molecule has 0 fully saturated rings. The van der Waals surface area contributed by atoms with Crippen molar-refractivity contribution in [2.45, 2.75) is 13.8 Å². The van der Waals surface area contributed by atoms with Crippen LogP contribution in [0.15, 0.2) is 23.6 Å². The number of para-hydroxylation sites is 1. The zero-order valence-corrected chi connectivity index (χ0v) is 10.5. The summed E-state index contributed by atoms with van der Waals surface area (Å²) in [4.78, 5) is 0. The lowest BCUT2D eigenvalue weighted by Gasteiger charge is -2.11. The molecule has 4 heteroatoms. The molecule has 0 heterocycles. The molecule has 1 rings (SSSR count). The van der Waals surface area contributed by atoms with Crippen LogP contribution < -0.4 is 10.5 Å². The summed E-state index contributed by atoms with van der Waals surface area (Å²) < 4.78 is 5.28. The monoisotopic (exact) mass is 236 g/mol. The Morgan fingerprint density at radius 2 is 2.12 bits per heavy atom. The van der Waals surface area contributed by atoms with E-state index in [9.17, 15) is 0 Å². The van der Waals surface area contributed by atoms with E-state index in [2.05, 4.69) is 0 Å². The van der Waals surface area contributed by atoms with E-state index in [1.165, 1.54) is 11.8 Å². The van der Waals surface area contributed by atoms with Gasteiger partial charge in [-0.2, -0.15) is 0 Å². The standard InChI is InChI=1S/C12H16N2OS/c1-8(7-16-9(2)13)10-5-4-6-11(14)12(10)15-3/h4-7,13H,14H2,1-3H3/b8-7+,13-9?. The van der Waals surface area contributed by atoms with Gasteiger partial charge in [0.2, 0.25) is 0 Å². The molecule has 0 unspecified atom stereocenters. The smallest absolute Gasteiger partial charge is 0.149 e. The normalized spacial score (nSPS) is 11.3. The van der Waals surface area contributed by atoms with Crippen LogP contribution in [-0.4, -0.2) is 12.2 Å². The van der Waals surface area contributed by atoms with E-state index in [-0.39, 0.29) is 0 Å². The minimum absolute atomic E-state index is 0.558. The number of nitrogen functional groups attached to an aromatic ring is 1. The zero-order valence-electron chi connectivity index (χ0n) is 9.70. The van der Waals surface area contributed by atoms with E-state index in [1.54, 1.807) is 14.0 Å². The maximum absolute atomic E-state index is 7.35. The molecular formula is C12H16N2OS. The van der Waals surface area contributed by atoms with Crippen LogP contribution in [0.1, 0.15) is 19.4 Å². The van der Waals surface area contributed by atoms with Crippen molar-refractivity contribution in [3.05, 3.63) is 29.2 Å². The largest absolute Gasteiger partial charge is 0.494 e. The third-order valence-electron chi connectivity index (χ3n) is 2.09. The van der Waals surface area contributed by atoms with Crippen LogP contribution in [0.25, 0.3) is 5.57 Å². The molecule has 0 bridgehead atoms. The molecule has 3 N–H and O–H groups in total. The van der Waals surface area contributed by atoms with Gasteiger partial charge in [-0.25, -0.2) is 0 Å². The summed E-state index contributed by atoms with van der Waals surface area (Å²) >= 11 is 1.38. The lowest BCUT2D eigenvalue weighted by molar-refractivity contribution is 0.415. The molecule has 16 heavy (non-hydrogen) atoms. The molecule has 0 amide bonds. The number of rotatable bonds is 3. The molecule has 0 saturated heterocycles. The van der Waals surface area contributed by atoms with E-state index >= 15 is 0 Å². The number of allylic oxidation sites excluding steroid dienone is 1. The number of nitrogens with two attached hydrogens (primary N) is 1. The Hall–Kier alpha value is -1.42. The van der Waals surface area contributed by atoms with Gasteiger partial charge in [-0.1, -0.05) is 23.9 Å². The molecule has 0 atom stereocenters. The summed E-state index contributed by atoms with van der Waals surface area (Å²) in [5, 5.41) is 9.84. The molecule has 0 spiro atoms. The topological polar surface area (TPSA) is 59.1 Å². The van der Waals surface area contributed by atoms with E-state index in [0.29, 0.717) is 16.5 Å². The summed E-state index contributed by atoms with van der Waals surface area (Å²) in [6.45, 7) is 3.73. The van der Waals surface area contributed by atoms with Crippen molar-refractivity contribution in [2.24, 2.45) is 0 Å². The van der Waals surface area contributed by atoms with Crippen molar-refractivity contribution < 1.29 is 4.74 Å². The highest BCUT2D eigenvalue weighted by Crippen LogP contribution is 2.32. The highest BCUT2D eigenvalue weighted by Gasteiger charge is 2.07. The average Bonchev–Trinajstić information content (AvgIpc) is 2.25. The fourth-order valence-corrected chi connectivity index (χ4v) is 1.81. The average molecular weight is 236 g/mol. The SMILES string of the molecule is COc1c(N)cccc1/C(C)=C/SC(C)=N. The van der Waals surface area contributed by atoms with Gasteiger partial charge >= 0.3 is 0 Å². The van der Waals surface area contributed by atoms with Crippen LogP contribution in [-0.2, 0) is 0 Å². The van der Waals surface area contributed by atoms with Crippen LogP contribution in [0.4, 0.5) is 5.69 Å². The predicted molar refractivity (Wildman–Crippen MR) is 72.0 cm³/mol. The highest BCUT2D eigenvalue weighted by molar-refractivity contribution is 8.16. The van der Waals surface area contributed by atoms with Crippen molar-refractivity contribution in [2.75, 3.05) is 12.8 Å². The molecule has 3 nitrogen and oxygen atoms in total. The van der Waals surface area contributed by atoms with Crippen LogP contribution in [0, 0.1) is 5.41 Å². The van der Waals surface area contributed by atoms with E-state index in [0.717, 1.165) is 11.1 Å². The lowest BCUT2D eigenvalue weighted by Crippen LogP contribution is -1.95. The molecule has 1 aromatic carbocycles. The van der Waals surface area contributed by atoms with Gasteiger partial charge in [0.1, 0.15) is 5.75 Å². The first-order valence-corrected chi connectivity index (χ1v) is 5.75. The molecular weight excluding hydrogens is 220 g/mol. The van der Waals surface area contributed by atoms with E-state index < -0.39 is 0 Å². The molecule has 1 aromatic rings. The number of hydrogen-bond acceptors (Lipinski definition) is 4. The van der Waals surface area contributed by atoms with Gasteiger partial charge < -0.3 is 10.5 Å². The number of ether oxygens (including phenoxy) is 1. The number of hydrogen-bond donors (Lipinski definition) is 2. The number of anilines is 1. The molecule has 0 aromatic heterocycles. The van der Waals surface area contributed by atoms with Gasteiger partial charge in [-0.15, -0.1) is 0 Å². The maximum Gasteiger partial charge on any atom is 0.149 e. The first-order chi connectivity index (χ1) is 7.56. The summed E-state index contributed by atoms with van der Waals surface area (Å²) in [6, 6.07) is 5.66. The first kappa shape index (κ1) is 12.6. The minimum Gasteiger partial charge on any atom is -0.494 e. The van der Waals surface area contributed by atoms with Gasteiger partial charge in [-0.3, -0.25) is 5.41 Å². The predicted octanol–water partition coefficient (Wildman–Crippen LogP) is 3.37. The zero-order chi connectivity index (χ0) is 12.1. The lowest BCUT2D eigenvalue weighted by atomic mass is 10.1. The van der Waals surface area contributed by atoms with Gasteiger partial charge in [0, 0.05) is 5.56 Å². The van der Waals surface area contributed by atoms with Gasteiger partial charge in [0.25, 0.3) is 0 Å². The van der Waals surface area contributed by atoms with Crippen molar-refractivity contribution in [1.29, 1.82) is 5.41 Å². The third-order valence-corrected chi connectivity index (χ3v) is 2.91. The Bertz CT molecular complexity index is 427. The second-order valence-corrected chi connectivity index (χ2v) is 4.49. The summed E-state index contributed by atoms with van der Waals surface area (Å²) in [7, 11) is 1.61. The number of nitrogens with one attached hydrogen (secondary N) is 1.